The maximum atomic E-state index is 11.6. The largest absolute Gasteiger partial charge is 0.368 e. The van der Waals surface area contributed by atoms with Crippen LogP contribution in [-0.4, -0.2) is 24.9 Å². The summed E-state index contributed by atoms with van der Waals surface area (Å²) in [7, 11) is -2.93. The van der Waals surface area contributed by atoms with E-state index in [1.807, 2.05) is 6.92 Å². The fourth-order valence-corrected chi connectivity index (χ4v) is 2.03. The average molecular weight is 210 g/mol. The van der Waals surface area contributed by atoms with Crippen molar-refractivity contribution in [2.75, 3.05) is 12.4 Å². The van der Waals surface area contributed by atoms with Gasteiger partial charge >= 0.3 is 7.59 Å². The van der Waals surface area contributed by atoms with Crippen LogP contribution in [0.15, 0.2) is 9.53 Å². The highest BCUT2D eigenvalue weighted by atomic mass is 35.5. The number of alkyl halides is 1. The third kappa shape index (κ3) is 4.65. The molecule has 4 nitrogen and oxygen atoms in total. The average Bonchev–Trinajstić information content (AvgIpc) is 2.02. The fraction of sp³-hybridized carbons (Fsp3) is 0.667. The molecule has 1 atom stereocenters. The number of hydrogen-bond acceptors (Lipinski definition) is 1. The second-order valence-corrected chi connectivity index (χ2v) is 4.06. The lowest BCUT2D eigenvalue weighted by atomic mass is 10.8. The Morgan fingerprint density at radius 1 is 1.58 bits per heavy atom. The number of halogens is 1. The molecule has 0 radical (unpaired) electrons. The van der Waals surface area contributed by atoms with E-state index in [4.69, 9.17) is 11.6 Å². The van der Waals surface area contributed by atoms with E-state index in [9.17, 15) is 4.57 Å². The van der Waals surface area contributed by atoms with Gasteiger partial charge in [0, 0.05) is 19.0 Å². The van der Waals surface area contributed by atoms with Crippen molar-refractivity contribution in [3.63, 3.8) is 0 Å². The Morgan fingerprint density at radius 2 is 2.25 bits per heavy atom. The summed E-state index contributed by atoms with van der Waals surface area (Å²) in [6.07, 6.45) is 2.85. The Morgan fingerprint density at radius 3 is 2.67 bits per heavy atom. The van der Waals surface area contributed by atoms with Gasteiger partial charge in [-0.3, -0.25) is 4.57 Å². The molecule has 0 aromatic heterocycles. The minimum absolute atomic E-state index is 0.245. The van der Waals surface area contributed by atoms with E-state index in [0.29, 0.717) is 6.54 Å². The van der Waals surface area contributed by atoms with Crippen molar-refractivity contribution in [1.29, 1.82) is 0 Å². The Labute approximate surface area is 77.7 Å². The van der Waals surface area contributed by atoms with Gasteiger partial charge in [-0.25, -0.2) is 14.6 Å². The summed E-state index contributed by atoms with van der Waals surface area (Å²) in [6, 6.07) is 0. The van der Waals surface area contributed by atoms with Crippen molar-refractivity contribution in [2.24, 2.45) is 9.53 Å². The first kappa shape index (κ1) is 11.8. The minimum atomic E-state index is -2.93. The van der Waals surface area contributed by atoms with Gasteiger partial charge in [0.15, 0.2) is 0 Å². The number of hydrogen-bond donors (Lipinski definition) is 1. The number of nitrogens with zero attached hydrogens (tertiary/aromatic N) is 2. The van der Waals surface area contributed by atoms with Crippen LogP contribution in [0.1, 0.15) is 13.8 Å². The monoisotopic (exact) mass is 209 g/mol. The smallest absolute Gasteiger partial charge is 0.253 e. The molecule has 6 heteroatoms. The quantitative estimate of drug-likeness (QED) is 0.428. The molecule has 0 spiro atoms. The summed E-state index contributed by atoms with van der Waals surface area (Å²) in [5, 5.41) is 2.70. The normalized spacial score (nSPS) is 17.2. The molecule has 0 rings (SSSR count). The molecule has 0 heterocycles. The van der Waals surface area contributed by atoms with Gasteiger partial charge in [0.2, 0.25) is 0 Å². The highest BCUT2D eigenvalue weighted by Crippen LogP contribution is 2.43. The van der Waals surface area contributed by atoms with Gasteiger partial charge in [0.1, 0.15) is 0 Å². The second-order valence-electron chi connectivity index (χ2n) is 1.88. The molecule has 0 saturated heterocycles. The van der Waals surface area contributed by atoms with E-state index < -0.39 is 7.59 Å². The van der Waals surface area contributed by atoms with E-state index in [1.165, 1.54) is 12.4 Å². The lowest BCUT2D eigenvalue weighted by Crippen LogP contribution is -2.06. The van der Waals surface area contributed by atoms with Crippen LogP contribution in [0, 0.1) is 0 Å². The molecule has 0 aliphatic heterocycles. The van der Waals surface area contributed by atoms with E-state index in [2.05, 4.69) is 14.6 Å². The van der Waals surface area contributed by atoms with Crippen molar-refractivity contribution in [3.8, 4) is 0 Å². The summed E-state index contributed by atoms with van der Waals surface area (Å²) in [5.74, 6) is 0.245. The first-order chi connectivity index (χ1) is 5.68. The molecular weight excluding hydrogens is 197 g/mol. The molecule has 0 aromatic carbocycles. The van der Waals surface area contributed by atoms with Crippen LogP contribution in [0.2, 0.25) is 0 Å². The number of nitrogens with one attached hydrogen (secondary N) is 1. The maximum Gasteiger partial charge on any atom is 0.368 e. The Balaban J connectivity index is 4.39. The summed E-state index contributed by atoms with van der Waals surface area (Å²) < 4.78 is 19.1. The molecule has 0 bridgehead atoms. The van der Waals surface area contributed by atoms with Crippen molar-refractivity contribution >= 4 is 31.6 Å². The van der Waals surface area contributed by atoms with Gasteiger partial charge in [-0.2, -0.15) is 0 Å². The zero-order chi connectivity index (χ0) is 9.45. The van der Waals surface area contributed by atoms with Gasteiger partial charge in [-0.05, 0) is 6.92 Å². The van der Waals surface area contributed by atoms with Crippen LogP contribution in [0.25, 0.3) is 0 Å². The third-order valence-electron chi connectivity index (χ3n) is 0.943. The zero-order valence-corrected chi connectivity index (χ0v) is 8.85. The van der Waals surface area contributed by atoms with Gasteiger partial charge in [0.05, 0.1) is 5.88 Å². The van der Waals surface area contributed by atoms with E-state index in [1.54, 1.807) is 6.92 Å². The molecule has 0 aliphatic rings. The van der Waals surface area contributed by atoms with E-state index in [-0.39, 0.29) is 5.88 Å². The van der Waals surface area contributed by atoms with Gasteiger partial charge in [-0.1, -0.05) is 6.92 Å². The first-order valence-corrected chi connectivity index (χ1v) is 5.78. The van der Waals surface area contributed by atoms with Crippen molar-refractivity contribution in [3.05, 3.63) is 0 Å². The third-order valence-corrected chi connectivity index (χ3v) is 2.83. The van der Waals surface area contributed by atoms with E-state index in [0.717, 1.165) is 0 Å². The molecule has 12 heavy (non-hydrogen) atoms. The lowest BCUT2D eigenvalue weighted by Gasteiger charge is -2.06. The minimum Gasteiger partial charge on any atom is -0.253 e. The summed E-state index contributed by atoms with van der Waals surface area (Å²) in [6.45, 7) is 4.10. The van der Waals surface area contributed by atoms with Crippen LogP contribution >= 0.6 is 19.2 Å². The predicted octanol–water partition coefficient (Wildman–Crippen LogP) is 2.10. The molecular formula is C6H13ClN3OP. The van der Waals surface area contributed by atoms with E-state index >= 15 is 0 Å². The second kappa shape index (κ2) is 6.35. The Kier molecular flexibility index (Phi) is 6.25. The molecule has 0 aliphatic carbocycles. The molecule has 1 unspecified atom stereocenters. The Bertz CT molecular complexity index is 217. The molecule has 0 fully saturated rings. The lowest BCUT2D eigenvalue weighted by molar-refractivity contribution is 0.568. The summed E-state index contributed by atoms with van der Waals surface area (Å²) >= 11 is 5.36. The highest BCUT2D eigenvalue weighted by Gasteiger charge is 2.14. The fourth-order valence-electron chi connectivity index (χ4n) is 0.615. The maximum absolute atomic E-state index is 11.6. The van der Waals surface area contributed by atoms with Crippen LogP contribution in [-0.2, 0) is 4.57 Å². The van der Waals surface area contributed by atoms with Crippen LogP contribution in [0.5, 0.6) is 0 Å². The first-order valence-electron chi connectivity index (χ1n) is 3.64. The van der Waals surface area contributed by atoms with Crippen LogP contribution < -0.4 is 5.09 Å². The SMILES string of the molecule is CC=NP(=O)(N=CCCl)NCC. The predicted molar refractivity (Wildman–Crippen MR) is 54.7 cm³/mol. The van der Waals surface area contributed by atoms with Gasteiger partial charge < -0.3 is 0 Å². The molecule has 70 valence electrons. The molecule has 0 amide bonds. The number of rotatable bonds is 5. The molecule has 1 N–H and O–H groups in total. The van der Waals surface area contributed by atoms with Crippen LogP contribution in [0.3, 0.4) is 0 Å². The van der Waals surface area contributed by atoms with Crippen molar-refractivity contribution < 1.29 is 4.57 Å². The Hall–Kier alpha value is -0.180. The van der Waals surface area contributed by atoms with Crippen molar-refractivity contribution in [1.82, 2.24) is 5.09 Å². The molecule has 0 saturated carbocycles. The summed E-state index contributed by atoms with van der Waals surface area (Å²) in [4.78, 5) is 0. The summed E-state index contributed by atoms with van der Waals surface area (Å²) in [5.41, 5.74) is 0. The van der Waals surface area contributed by atoms with Crippen molar-refractivity contribution in [2.45, 2.75) is 13.8 Å². The molecule has 0 aromatic rings. The standard InChI is InChI=1S/C6H13ClN3OP/c1-3-8-12(11,9-4-2)10-6-5-7/h3,6H,4-5H2,1-2H3,(H,9,11). The topological polar surface area (TPSA) is 53.8 Å². The zero-order valence-electron chi connectivity index (χ0n) is 7.20. The van der Waals surface area contributed by atoms with Gasteiger partial charge in [0.25, 0.3) is 0 Å². The highest BCUT2D eigenvalue weighted by molar-refractivity contribution is 7.59. The van der Waals surface area contributed by atoms with Gasteiger partial charge in [-0.15, -0.1) is 11.6 Å². The van der Waals surface area contributed by atoms with Crippen LogP contribution in [0.4, 0.5) is 0 Å².